The Morgan fingerprint density at radius 2 is 0.347 bits per heavy atom. The van der Waals surface area contributed by atoms with E-state index in [0.29, 0.717) is 36.3 Å². The van der Waals surface area contributed by atoms with Crippen molar-refractivity contribution in [1.82, 2.24) is 31.9 Å². The van der Waals surface area contributed by atoms with Crippen LogP contribution < -0.4 is 31.9 Å². The van der Waals surface area contributed by atoms with Crippen molar-refractivity contribution in [2.24, 2.45) is 30.7 Å². The summed E-state index contributed by atoms with van der Waals surface area (Å²) in [4.78, 5) is 0. The molecule has 6 aromatic carbocycles. The fourth-order valence-corrected chi connectivity index (χ4v) is 10.8. The van der Waals surface area contributed by atoms with Crippen LogP contribution in [0.5, 0.6) is 0 Å². The zero-order chi connectivity index (χ0) is 48.6. The predicted molar refractivity (Wildman–Crippen MR) is 290 cm³/mol. The van der Waals surface area contributed by atoms with Gasteiger partial charge < -0.3 is 31.9 Å². The van der Waals surface area contributed by atoms with Crippen LogP contribution in [-0.4, -0.2) is 36.3 Å². The second kappa shape index (κ2) is 25.5. The summed E-state index contributed by atoms with van der Waals surface area (Å²) >= 11 is 0. The lowest BCUT2D eigenvalue weighted by Crippen LogP contribution is -2.49. The molecule has 72 heavy (non-hydrogen) atoms. The Kier molecular flexibility index (Phi) is 17.5. The third kappa shape index (κ3) is 14.5. The fourth-order valence-electron chi connectivity index (χ4n) is 10.8. The molecule has 12 nitrogen and oxygen atoms in total. The Balaban J connectivity index is 0.785. The maximum Gasteiger partial charge on any atom is 0.0857 e. The Bertz CT molecular complexity index is 2180. The van der Waals surface area contributed by atoms with E-state index in [2.05, 4.69) is 208 Å². The van der Waals surface area contributed by atoms with Crippen LogP contribution in [0.3, 0.4) is 0 Å². The summed E-state index contributed by atoms with van der Waals surface area (Å²) in [5, 5.41) is 50.6. The van der Waals surface area contributed by atoms with Crippen LogP contribution in [0.2, 0.25) is 0 Å². The van der Waals surface area contributed by atoms with Crippen molar-refractivity contribution in [3.05, 3.63) is 179 Å². The van der Waals surface area contributed by atoms with Gasteiger partial charge in [-0.1, -0.05) is 111 Å². The van der Waals surface area contributed by atoms with Crippen LogP contribution in [-0.2, 0) is 39.3 Å². The highest BCUT2D eigenvalue weighted by molar-refractivity contribution is 5.45. The Labute approximate surface area is 426 Å². The third-order valence-corrected chi connectivity index (χ3v) is 15.2. The van der Waals surface area contributed by atoms with Crippen molar-refractivity contribution in [3.8, 4) is 0 Å². The molecule has 14 heterocycles. The first-order valence-corrected chi connectivity index (χ1v) is 26.8. The lowest BCUT2D eigenvalue weighted by molar-refractivity contribution is 0.281. The number of nitrogens with one attached hydrogen (secondary N) is 6. The minimum Gasteiger partial charge on any atom is -0.308 e. The number of hydrogen-bond donors (Lipinski definition) is 6. The van der Waals surface area contributed by atoms with E-state index in [9.17, 15) is 0 Å². The Hall–Kier alpha value is -6.12. The van der Waals surface area contributed by atoms with E-state index in [4.69, 9.17) is 0 Å². The first kappa shape index (κ1) is 49.5. The Morgan fingerprint density at radius 3 is 0.486 bits per heavy atom. The van der Waals surface area contributed by atoms with Crippen LogP contribution >= 0.6 is 0 Å². The minimum atomic E-state index is 0.420. The first-order chi connectivity index (χ1) is 35.6. The van der Waals surface area contributed by atoms with Gasteiger partial charge in [-0.2, -0.15) is 30.7 Å². The maximum atomic E-state index is 4.57. The molecule has 12 bridgehead atoms. The van der Waals surface area contributed by atoms with Gasteiger partial charge in [0.15, 0.2) is 0 Å². The molecule has 0 amide bonds. The van der Waals surface area contributed by atoms with Gasteiger partial charge in [0.05, 0.1) is 34.1 Å². The molecule has 3 fully saturated rings. The van der Waals surface area contributed by atoms with Crippen LogP contribution in [0.1, 0.15) is 110 Å². The summed E-state index contributed by atoms with van der Waals surface area (Å²) in [7, 11) is 0. The number of nitrogens with zero attached hydrogens (tertiary/aromatic N) is 6. The smallest absolute Gasteiger partial charge is 0.0857 e. The highest BCUT2D eigenvalue weighted by Crippen LogP contribution is 2.27. The van der Waals surface area contributed by atoms with E-state index in [0.717, 1.165) is 73.4 Å². The van der Waals surface area contributed by atoms with Gasteiger partial charge >= 0.3 is 0 Å². The predicted octanol–water partition coefficient (Wildman–Crippen LogP) is 13.8. The summed E-state index contributed by atoms with van der Waals surface area (Å²) in [6.07, 6.45) is 14.6. The number of rotatable bonds is 0. The molecule has 12 heteroatoms. The van der Waals surface area contributed by atoms with Crippen molar-refractivity contribution >= 4 is 34.1 Å². The molecule has 0 aromatic heterocycles. The molecule has 17 aliphatic rings. The van der Waals surface area contributed by atoms with Gasteiger partial charge in [-0.15, -0.1) is 0 Å². The number of benzene rings is 6. The van der Waals surface area contributed by atoms with Gasteiger partial charge in [-0.05, 0) is 145 Å². The van der Waals surface area contributed by atoms with E-state index >= 15 is 0 Å². The van der Waals surface area contributed by atoms with Crippen molar-refractivity contribution < 1.29 is 0 Å². The third-order valence-electron chi connectivity index (χ3n) is 15.2. The molecular weight excluding hydrogens is 889 g/mol. The van der Waals surface area contributed by atoms with Gasteiger partial charge in [-0.25, -0.2) is 0 Å². The molecule has 0 unspecified atom stereocenters. The lowest BCUT2D eigenvalue weighted by atomic mass is 9.90. The molecule has 0 saturated heterocycles. The van der Waals surface area contributed by atoms with Crippen LogP contribution in [0.4, 0.5) is 34.1 Å². The van der Waals surface area contributed by atoms with E-state index in [1.54, 1.807) is 0 Å². The number of azo groups is 3. The van der Waals surface area contributed by atoms with Gasteiger partial charge in [-0.3, -0.25) is 0 Å². The molecule has 6 N–H and O–H groups in total. The monoisotopic (exact) mass is 961 g/mol. The minimum absolute atomic E-state index is 0.420. The molecule has 23 rings (SSSR count). The lowest BCUT2D eigenvalue weighted by Gasteiger charge is -2.33. The first-order valence-electron chi connectivity index (χ1n) is 26.8. The van der Waals surface area contributed by atoms with E-state index in [1.807, 2.05) is 0 Å². The Morgan fingerprint density at radius 1 is 0.208 bits per heavy atom. The quantitative estimate of drug-likeness (QED) is 0.0894. The average molecular weight is 961 g/mol. The summed E-state index contributed by atoms with van der Waals surface area (Å²) in [6, 6.07) is 53.3. The zero-order valence-corrected chi connectivity index (χ0v) is 41.7. The second-order valence-electron chi connectivity index (χ2n) is 20.4. The van der Waals surface area contributed by atoms with E-state index in [1.165, 1.54) is 110 Å². The van der Waals surface area contributed by atoms with Crippen molar-refractivity contribution in [1.29, 1.82) is 0 Å². The van der Waals surface area contributed by atoms with Crippen LogP contribution in [0.15, 0.2) is 176 Å². The van der Waals surface area contributed by atoms with Crippen molar-refractivity contribution in [3.63, 3.8) is 0 Å². The highest BCUT2D eigenvalue weighted by Gasteiger charge is 2.26. The van der Waals surface area contributed by atoms with Crippen molar-refractivity contribution in [2.45, 2.75) is 153 Å². The molecule has 14 aliphatic heterocycles. The summed E-state index contributed by atoms with van der Waals surface area (Å²) < 4.78 is 0. The molecule has 3 saturated carbocycles. The van der Waals surface area contributed by atoms with Crippen LogP contribution in [0, 0.1) is 0 Å². The summed E-state index contributed by atoms with van der Waals surface area (Å²) in [5.41, 5.74) is 12.6. The molecule has 372 valence electrons. The molecular formula is C60H72N12. The highest BCUT2D eigenvalue weighted by atomic mass is 15.1. The molecule has 6 aromatic rings. The van der Waals surface area contributed by atoms with E-state index < -0.39 is 0 Å². The summed E-state index contributed by atoms with van der Waals surface area (Å²) in [5.74, 6) is 0. The standard InChI is InChI=1S/C60H72N12/c1-2-8-56-55(7-1)61-37-43-13-25-49(26-14-43)67-69-51-29-17-45(18-30-51)39-63-57-9-3-4-10-58(57)65-41-47-21-33-53(34-22-47)71-72-54-35-23-48(24-36-54)42-66-60-12-6-5-11-59(60)64-40-46-19-31-52(32-20-46)70-68-50-27-15-44(16-28-50)38-62-56/h13-36,55-66H,1-12,37-42H2/t55-,56-,57-,58-,59-,60-/m0/s1. The molecule has 3 aliphatic carbocycles. The number of hydrogen-bond acceptors (Lipinski definition) is 12. The van der Waals surface area contributed by atoms with E-state index in [-0.39, 0.29) is 0 Å². The van der Waals surface area contributed by atoms with Crippen LogP contribution in [0.25, 0.3) is 0 Å². The average Bonchev–Trinajstić information content (AvgIpc) is 3.44. The molecule has 6 atom stereocenters. The summed E-state index contributed by atoms with van der Waals surface area (Å²) in [6.45, 7) is 4.94. The zero-order valence-electron chi connectivity index (χ0n) is 41.7. The van der Waals surface area contributed by atoms with Crippen molar-refractivity contribution in [2.75, 3.05) is 0 Å². The fraction of sp³-hybridized carbons (Fsp3) is 0.400. The largest absolute Gasteiger partial charge is 0.308 e. The maximum absolute atomic E-state index is 4.57. The van der Waals surface area contributed by atoms with Gasteiger partial charge in [0.1, 0.15) is 0 Å². The molecule has 0 spiro atoms. The van der Waals surface area contributed by atoms with Gasteiger partial charge in [0, 0.05) is 75.5 Å². The SMILES string of the molecule is c1cc2ccc1CN[C@H]1CCCC[C@@H]1NCc1ccc(cc1)N=Nc1ccc(cc1)CN[C@H]1CCCC[C@@H]1NCc1ccc(cc1)N=Nc1ccc(cc1)CN[C@H]1CCCC[C@@H]1NCc1ccc(cc1)N=N2. The molecule has 0 radical (unpaired) electrons. The van der Waals surface area contributed by atoms with Gasteiger partial charge in [0.2, 0.25) is 0 Å². The second-order valence-corrected chi connectivity index (χ2v) is 20.4. The van der Waals surface area contributed by atoms with Gasteiger partial charge in [0.25, 0.3) is 0 Å². The normalized spacial score (nSPS) is 24.0. The topological polar surface area (TPSA) is 146 Å².